The van der Waals surface area contributed by atoms with Gasteiger partial charge in [-0.25, -0.2) is 9.97 Å². The van der Waals surface area contributed by atoms with Crippen LogP contribution < -0.4 is 5.32 Å². The Kier molecular flexibility index (Phi) is 8.88. The molecule has 2 aromatic rings. The van der Waals surface area contributed by atoms with E-state index < -0.39 is 0 Å². The number of benzene rings is 1. The van der Waals surface area contributed by atoms with Gasteiger partial charge in [-0.1, -0.05) is 13.0 Å². The van der Waals surface area contributed by atoms with E-state index in [1.807, 2.05) is 52.8 Å². The van der Waals surface area contributed by atoms with Gasteiger partial charge >= 0.3 is 5.97 Å². The summed E-state index contributed by atoms with van der Waals surface area (Å²) in [6, 6.07) is 7.50. The van der Waals surface area contributed by atoms with Gasteiger partial charge in [0.2, 0.25) is 5.28 Å². The van der Waals surface area contributed by atoms with E-state index in [2.05, 4.69) is 15.3 Å². The summed E-state index contributed by atoms with van der Waals surface area (Å²) in [6.45, 7) is 9.55. The zero-order valence-corrected chi connectivity index (χ0v) is 17.2. The molecule has 0 unspecified atom stereocenters. The van der Waals surface area contributed by atoms with Crippen LogP contribution in [0.25, 0.3) is 0 Å². The molecule has 1 aromatic heterocycles. The van der Waals surface area contributed by atoms with Gasteiger partial charge in [-0.3, -0.25) is 4.79 Å². The predicted octanol–water partition coefficient (Wildman–Crippen LogP) is 5.31. The van der Waals surface area contributed by atoms with Crippen LogP contribution in [-0.2, 0) is 9.53 Å². The van der Waals surface area contributed by atoms with Crippen molar-refractivity contribution in [1.29, 1.82) is 5.41 Å². The Balaban J connectivity index is 0.000000314. The molecule has 2 rings (SSSR count). The zero-order chi connectivity index (χ0) is 20.4. The minimum absolute atomic E-state index is 0.102. The number of hydrogen-bond donors (Lipinski definition) is 2. The number of hydrogen-bond acceptors (Lipinski definition) is 6. The summed E-state index contributed by atoms with van der Waals surface area (Å²) in [6.07, 6.45) is 4.29. The summed E-state index contributed by atoms with van der Waals surface area (Å²) in [5.41, 5.74) is 2.47. The molecule has 1 aromatic carbocycles. The van der Waals surface area contributed by atoms with Crippen molar-refractivity contribution in [2.45, 2.75) is 53.1 Å². The SMILES string of the molecule is CCCC(=O)OC(C)(C)C.Cc1ccc(Nc2ccnc(Cl)n2)cc1C=N. The van der Waals surface area contributed by atoms with E-state index in [4.69, 9.17) is 21.7 Å². The minimum atomic E-state index is -0.327. The van der Waals surface area contributed by atoms with Crippen molar-refractivity contribution in [3.05, 3.63) is 46.9 Å². The number of rotatable bonds is 5. The zero-order valence-electron chi connectivity index (χ0n) is 16.5. The van der Waals surface area contributed by atoms with Crippen LogP contribution in [-0.4, -0.2) is 27.8 Å². The summed E-state index contributed by atoms with van der Waals surface area (Å²) in [7, 11) is 0. The number of ether oxygens (including phenoxy) is 1. The molecule has 146 valence electrons. The van der Waals surface area contributed by atoms with Gasteiger partial charge in [0.1, 0.15) is 11.4 Å². The summed E-state index contributed by atoms with van der Waals surface area (Å²) in [4.78, 5) is 18.7. The normalized spacial score (nSPS) is 10.4. The van der Waals surface area contributed by atoms with Gasteiger partial charge in [0.15, 0.2) is 0 Å². The molecule has 7 heteroatoms. The van der Waals surface area contributed by atoms with Crippen molar-refractivity contribution in [3.8, 4) is 0 Å². The lowest BCUT2D eigenvalue weighted by molar-refractivity contribution is -0.154. The molecule has 2 N–H and O–H groups in total. The van der Waals surface area contributed by atoms with E-state index >= 15 is 0 Å². The van der Waals surface area contributed by atoms with Crippen LogP contribution in [0.1, 0.15) is 51.7 Å². The van der Waals surface area contributed by atoms with E-state index in [1.165, 1.54) is 6.21 Å². The lowest BCUT2D eigenvalue weighted by atomic mass is 10.1. The number of nitrogens with zero attached hydrogens (tertiary/aromatic N) is 2. The fourth-order valence-electron chi connectivity index (χ4n) is 2.02. The van der Waals surface area contributed by atoms with Gasteiger partial charge in [0.25, 0.3) is 0 Å². The van der Waals surface area contributed by atoms with Crippen LogP contribution in [0.4, 0.5) is 11.5 Å². The van der Waals surface area contributed by atoms with Crippen LogP contribution in [0.2, 0.25) is 5.28 Å². The largest absolute Gasteiger partial charge is 0.460 e. The third-order valence-electron chi connectivity index (χ3n) is 3.21. The van der Waals surface area contributed by atoms with Crippen LogP contribution in [0.3, 0.4) is 0 Å². The molecule has 0 saturated carbocycles. The number of carbonyl (C=O) groups is 1. The molecule has 0 atom stereocenters. The van der Waals surface area contributed by atoms with Crippen LogP contribution in [0, 0.1) is 12.3 Å². The number of halogens is 1. The maximum absolute atomic E-state index is 10.8. The topological polar surface area (TPSA) is 88.0 Å². The lowest BCUT2D eigenvalue weighted by Crippen LogP contribution is -2.23. The highest BCUT2D eigenvalue weighted by molar-refractivity contribution is 6.28. The highest BCUT2D eigenvalue weighted by atomic mass is 35.5. The highest BCUT2D eigenvalue weighted by Gasteiger charge is 2.14. The summed E-state index contributed by atoms with van der Waals surface area (Å²) in [5.74, 6) is 0.528. The van der Waals surface area contributed by atoms with Crippen molar-refractivity contribution >= 4 is 35.3 Å². The molecule has 0 aliphatic rings. The van der Waals surface area contributed by atoms with Crippen LogP contribution >= 0.6 is 11.6 Å². The van der Waals surface area contributed by atoms with Crippen molar-refractivity contribution in [2.24, 2.45) is 0 Å². The Labute approximate surface area is 165 Å². The summed E-state index contributed by atoms with van der Waals surface area (Å²) < 4.78 is 5.04. The van der Waals surface area contributed by atoms with E-state index in [0.29, 0.717) is 12.2 Å². The van der Waals surface area contributed by atoms with Gasteiger partial charge in [0.05, 0.1) is 0 Å². The molecule has 1 heterocycles. The third-order valence-corrected chi connectivity index (χ3v) is 3.39. The molecular formula is C20H27ClN4O2. The molecule has 6 nitrogen and oxygen atoms in total. The first-order chi connectivity index (χ1) is 12.6. The standard InChI is InChI=1S/C12H11ClN4.C8H16O2/c1-8-2-3-10(6-9(8)7-14)16-11-4-5-15-12(13)17-11;1-5-6-7(9)10-8(2,3)4/h2-7,14H,1H3,(H,15,16,17);5-6H2,1-4H3. The molecule has 0 aliphatic carbocycles. The molecule has 0 spiro atoms. The minimum Gasteiger partial charge on any atom is -0.460 e. The second kappa shape index (κ2) is 10.6. The number of esters is 1. The smallest absolute Gasteiger partial charge is 0.306 e. The second-order valence-electron chi connectivity index (χ2n) is 6.89. The molecule has 27 heavy (non-hydrogen) atoms. The first-order valence-electron chi connectivity index (χ1n) is 8.73. The van der Waals surface area contributed by atoms with E-state index in [0.717, 1.165) is 23.2 Å². The van der Waals surface area contributed by atoms with Crippen LogP contribution in [0.5, 0.6) is 0 Å². The van der Waals surface area contributed by atoms with Gasteiger partial charge < -0.3 is 15.5 Å². The lowest BCUT2D eigenvalue weighted by Gasteiger charge is -2.18. The molecule has 0 aliphatic heterocycles. The average Bonchev–Trinajstić information content (AvgIpc) is 2.56. The average molecular weight is 391 g/mol. The first-order valence-corrected chi connectivity index (χ1v) is 9.11. The molecule has 0 radical (unpaired) electrons. The van der Waals surface area contributed by atoms with Crippen molar-refractivity contribution in [2.75, 3.05) is 5.32 Å². The maximum Gasteiger partial charge on any atom is 0.306 e. The Bertz CT molecular complexity index is 773. The number of nitrogens with one attached hydrogen (secondary N) is 2. The molecule has 0 saturated heterocycles. The Hall–Kier alpha value is -2.47. The molecule has 0 fully saturated rings. The quantitative estimate of drug-likeness (QED) is 0.410. The van der Waals surface area contributed by atoms with Gasteiger partial charge in [-0.15, -0.1) is 0 Å². The summed E-state index contributed by atoms with van der Waals surface area (Å²) >= 11 is 5.70. The Morgan fingerprint density at radius 3 is 2.59 bits per heavy atom. The highest BCUT2D eigenvalue weighted by Crippen LogP contribution is 2.18. The number of aryl methyl sites for hydroxylation is 1. The first kappa shape index (κ1) is 22.6. The van der Waals surface area contributed by atoms with E-state index in [9.17, 15) is 4.79 Å². The Morgan fingerprint density at radius 2 is 2.04 bits per heavy atom. The van der Waals surface area contributed by atoms with Crippen molar-refractivity contribution < 1.29 is 9.53 Å². The number of anilines is 2. The second-order valence-corrected chi connectivity index (χ2v) is 7.23. The van der Waals surface area contributed by atoms with E-state index in [1.54, 1.807) is 12.3 Å². The monoisotopic (exact) mass is 390 g/mol. The molecule has 0 bridgehead atoms. The number of aromatic nitrogens is 2. The summed E-state index contributed by atoms with van der Waals surface area (Å²) in [5, 5.41) is 10.6. The number of carbonyl (C=O) groups excluding carboxylic acids is 1. The van der Waals surface area contributed by atoms with Gasteiger partial charge in [-0.05, 0) is 75.0 Å². The van der Waals surface area contributed by atoms with Crippen LogP contribution in [0.15, 0.2) is 30.5 Å². The Morgan fingerprint density at radius 1 is 1.33 bits per heavy atom. The maximum atomic E-state index is 10.8. The van der Waals surface area contributed by atoms with Crippen molar-refractivity contribution in [3.63, 3.8) is 0 Å². The van der Waals surface area contributed by atoms with Gasteiger partial charge in [-0.2, -0.15) is 0 Å². The predicted molar refractivity (Wildman–Crippen MR) is 110 cm³/mol. The fourth-order valence-corrected chi connectivity index (χ4v) is 2.17. The van der Waals surface area contributed by atoms with Crippen molar-refractivity contribution in [1.82, 2.24) is 9.97 Å². The third kappa shape index (κ3) is 9.15. The van der Waals surface area contributed by atoms with Gasteiger partial charge in [0, 0.05) is 24.5 Å². The molecular weight excluding hydrogens is 364 g/mol. The molecule has 0 amide bonds. The van der Waals surface area contributed by atoms with E-state index in [-0.39, 0.29) is 16.9 Å². The fraction of sp³-hybridized carbons (Fsp3) is 0.400.